The highest BCUT2D eigenvalue weighted by Gasteiger charge is 2.36. The van der Waals surface area contributed by atoms with Crippen LogP contribution in [0.25, 0.3) is 0 Å². The molecule has 1 aromatic rings. The Kier molecular flexibility index (Phi) is 6.70. The lowest BCUT2D eigenvalue weighted by Crippen LogP contribution is -2.36. The van der Waals surface area contributed by atoms with Gasteiger partial charge in [-0.15, -0.1) is 0 Å². The van der Waals surface area contributed by atoms with Gasteiger partial charge in [-0.25, -0.2) is 0 Å². The first-order chi connectivity index (χ1) is 13.5. The van der Waals surface area contributed by atoms with Crippen molar-refractivity contribution in [2.24, 2.45) is 5.41 Å². The summed E-state index contributed by atoms with van der Waals surface area (Å²) in [6.45, 7) is 1.51. The third kappa shape index (κ3) is 5.12. The van der Waals surface area contributed by atoms with E-state index in [4.69, 9.17) is 0 Å². The standard InChI is InChI=1S/C22H30N2O4/c25-19(15-22(16-20(26)27)11-5-1-6-12-22)23-18-10-4-3-9-17(18)21(28)24-13-7-2-8-14-24/h3-4,9-10H,1-2,5-8,11-16H2,(H,23,25)(H,26,27). The molecule has 1 heterocycles. The molecule has 28 heavy (non-hydrogen) atoms. The van der Waals surface area contributed by atoms with E-state index < -0.39 is 11.4 Å². The van der Waals surface area contributed by atoms with Gasteiger partial charge in [-0.05, 0) is 49.7 Å². The zero-order valence-corrected chi connectivity index (χ0v) is 16.4. The molecule has 1 aliphatic heterocycles. The lowest BCUT2D eigenvalue weighted by Gasteiger charge is -2.35. The van der Waals surface area contributed by atoms with Crippen LogP contribution >= 0.6 is 0 Å². The van der Waals surface area contributed by atoms with Crippen LogP contribution in [0.2, 0.25) is 0 Å². The molecule has 1 aromatic carbocycles. The summed E-state index contributed by atoms with van der Waals surface area (Å²) in [5.74, 6) is -1.11. The molecule has 0 atom stereocenters. The molecule has 1 saturated heterocycles. The van der Waals surface area contributed by atoms with Crippen LogP contribution in [0, 0.1) is 5.41 Å². The van der Waals surface area contributed by atoms with Crippen LogP contribution in [0.1, 0.15) is 74.6 Å². The van der Waals surface area contributed by atoms with Gasteiger partial charge in [0, 0.05) is 19.5 Å². The minimum atomic E-state index is -0.852. The van der Waals surface area contributed by atoms with Crippen molar-refractivity contribution >= 4 is 23.5 Å². The zero-order chi connectivity index (χ0) is 20.0. The number of para-hydroxylation sites is 1. The van der Waals surface area contributed by atoms with Crippen LogP contribution in [-0.2, 0) is 9.59 Å². The number of nitrogens with one attached hydrogen (secondary N) is 1. The van der Waals surface area contributed by atoms with Crippen molar-refractivity contribution in [3.8, 4) is 0 Å². The van der Waals surface area contributed by atoms with Crippen molar-refractivity contribution in [2.75, 3.05) is 18.4 Å². The van der Waals surface area contributed by atoms with Gasteiger partial charge in [0.15, 0.2) is 0 Å². The molecule has 1 aliphatic carbocycles. The van der Waals surface area contributed by atoms with Crippen molar-refractivity contribution in [3.05, 3.63) is 29.8 Å². The number of likely N-dealkylation sites (tertiary alicyclic amines) is 1. The molecule has 2 N–H and O–H groups in total. The second-order valence-electron chi connectivity index (χ2n) is 8.25. The highest BCUT2D eigenvalue weighted by Crippen LogP contribution is 2.42. The molecular weight excluding hydrogens is 356 g/mol. The van der Waals surface area contributed by atoms with Crippen molar-refractivity contribution in [3.63, 3.8) is 0 Å². The van der Waals surface area contributed by atoms with E-state index in [0.29, 0.717) is 11.3 Å². The number of hydrogen-bond donors (Lipinski definition) is 2. The fourth-order valence-corrected chi connectivity index (χ4v) is 4.62. The lowest BCUT2D eigenvalue weighted by atomic mass is 9.69. The zero-order valence-electron chi connectivity index (χ0n) is 16.4. The molecule has 0 spiro atoms. The number of anilines is 1. The summed E-state index contributed by atoms with van der Waals surface area (Å²) in [6.07, 6.45) is 7.93. The summed E-state index contributed by atoms with van der Waals surface area (Å²) >= 11 is 0. The Morgan fingerprint density at radius 2 is 1.57 bits per heavy atom. The number of carbonyl (C=O) groups excluding carboxylic acids is 2. The number of piperidine rings is 1. The van der Waals surface area contributed by atoms with Crippen molar-refractivity contribution in [1.82, 2.24) is 4.90 Å². The van der Waals surface area contributed by atoms with Crippen LogP contribution in [0.5, 0.6) is 0 Å². The quantitative estimate of drug-likeness (QED) is 0.772. The maximum absolute atomic E-state index is 12.9. The summed E-state index contributed by atoms with van der Waals surface area (Å²) < 4.78 is 0. The molecule has 6 heteroatoms. The number of nitrogens with zero attached hydrogens (tertiary/aromatic N) is 1. The van der Waals surface area contributed by atoms with E-state index in [1.165, 1.54) is 0 Å². The highest BCUT2D eigenvalue weighted by atomic mass is 16.4. The van der Waals surface area contributed by atoms with E-state index in [9.17, 15) is 19.5 Å². The van der Waals surface area contributed by atoms with Crippen LogP contribution in [0.15, 0.2) is 24.3 Å². The number of hydrogen-bond acceptors (Lipinski definition) is 3. The van der Waals surface area contributed by atoms with Gasteiger partial charge in [0.2, 0.25) is 5.91 Å². The number of carboxylic acids is 1. The molecule has 152 valence electrons. The van der Waals surface area contributed by atoms with Gasteiger partial charge in [-0.1, -0.05) is 31.4 Å². The number of aliphatic carboxylic acids is 1. The predicted molar refractivity (Wildman–Crippen MR) is 107 cm³/mol. The molecule has 2 amide bonds. The van der Waals surface area contributed by atoms with Crippen molar-refractivity contribution in [1.29, 1.82) is 0 Å². The first kappa shape index (κ1) is 20.4. The molecule has 3 rings (SSSR count). The molecule has 6 nitrogen and oxygen atoms in total. The number of carboxylic acid groups (broad SMARTS) is 1. The van der Waals surface area contributed by atoms with Crippen LogP contribution in [-0.4, -0.2) is 40.9 Å². The van der Waals surface area contributed by atoms with E-state index in [0.717, 1.165) is 64.5 Å². The summed E-state index contributed by atoms with van der Waals surface area (Å²) in [7, 11) is 0. The molecule has 0 bridgehead atoms. The Bertz CT molecular complexity index is 719. The fraction of sp³-hybridized carbons (Fsp3) is 0.591. The smallest absolute Gasteiger partial charge is 0.303 e. The number of carbonyl (C=O) groups is 3. The molecule has 0 radical (unpaired) electrons. The van der Waals surface area contributed by atoms with Crippen LogP contribution in [0.4, 0.5) is 5.69 Å². The second-order valence-corrected chi connectivity index (χ2v) is 8.25. The Morgan fingerprint density at radius 1 is 0.929 bits per heavy atom. The maximum Gasteiger partial charge on any atom is 0.303 e. The van der Waals surface area contributed by atoms with E-state index in [2.05, 4.69) is 5.32 Å². The first-order valence-electron chi connectivity index (χ1n) is 10.4. The van der Waals surface area contributed by atoms with Gasteiger partial charge in [0.25, 0.3) is 5.91 Å². The third-order valence-electron chi connectivity index (χ3n) is 6.05. The van der Waals surface area contributed by atoms with Crippen molar-refractivity contribution in [2.45, 2.75) is 64.2 Å². The number of amides is 2. The molecule has 0 unspecified atom stereocenters. The van der Waals surface area contributed by atoms with Gasteiger partial charge in [0.05, 0.1) is 17.7 Å². The Morgan fingerprint density at radius 3 is 2.25 bits per heavy atom. The molecular formula is C22H30N2O4. The fourth-order valence-electron chi connectivity index (χ4n) is 4.62. The van der Waals surface area contributed by atoms with E-state index in [1.807, 2.05) is 4.90 Å². The van der Waals surface area contributed by atoms with Gasteiger partial charge >= 0.3 is 5.97 Å². The molecule has 2 aliphatic rings. The molecule has 1 saturated carbocycles. The van der Waals surface area contributed by atoms with Gasteiger partial charge in [-0.3, -0.25) is 14.4 Å². The highest BCUT2D eigenvalue weighted by molar-refractivity contribution is 6.03. The summed E-state index contributed by atoms with van der Waals surface area (Å²) in [5, 5.41) is 12.2. The van der Waals surface area contributed by atoms with Crippen LogP contribution in [0.3, 0.4) is 0 Å². The normalized spacial score (nSPS) is 19.1. The summed E-state index contributed by atoms with van der Waals surface area (Å²) in [5.41, 5.74) is 0.554. The minimum absolute atomic E-state index is 0.0226. The van der Waals surface area contributed by atoms with E-state index in [1.54, 1.807) is 24.3 Å². The average Bonchev–Trinajstić information content (AvgIpc) is 2.68. The van der Waals surface area contributed by atoms with Crippen molar-refractivity contribution < 1.29 is 19.5 Å². The molecule has 0 aromatic heterocycles. The van der Waals surface area contributed by atoms with E-state index >= 15 is 0 Å². The summed E-state index contributed by atoms with van der Waals surface area (Å²) in [4.78, 5) is 38.9. The predicted octanol–water partition coefficient (Wildman–Crippen LogP) is 4.07. The van der Waals surface area contributed by atoms with Gasteiger partial charge in [0.1, 0.15) is 0 Å². The average molecular weight is 386 g/mol. The Balaban J connectivity index is 1.71. The Hall–Kier alpha value is -2.37. The summed E-state index contributed by atoms with van der Waals surface area (Å²) in [6, 6.07) is 7.11. The minimum Gasteiger partial charge on any atom is -0.481 e. The molecule has 2 fully saturated rings. The number of benzene rings is 1. The third-order valence-corrected chi connectivity index (χ3v) is 6.05. The van der Waals surface area contributed by atoms with Gasteiger partial charge < -0.3 is 15.3 Å². The topological polar surface area (TPSA) is 86.7 Å². The largest absolute Gasteiger partial charge is 0.481 e. The first-order valence-corrected chi connectivity index (χ1v) is 10.4. The maximum atomic E-state index is 12.9. The van der Waals surface area contributed by atoms with E-state index in [-0.39, 0.29) is 24.7 Å². The lowest BCUT2D eigenvalue weighted by molar-refractivity contribution is -0.140. The second kappa shape index (κ2) is 9.22. The monoisotopic (exact) mass is 386 g/mol. The van der Waals surface area contributed by atoms with Crippen LogP contribution < -0.4 is 5.32 Å². The Labute approximate surface area is 166 Å². The SMILES string of the molecule is O=C(O)CC1(CC(=O)Nc2ccccc2C(=O)N2CCCCC2)CCCCC1. The van der Waals surface area contributed by atoms with Gasteiger partial charge in [-0.2, -0.15) is 0 Å². The number of rotatable bonds is 6.